The van der Waals surface area contributed by atoms with Crippen molar-refractivity contribution in [3.63, 3.8) is 0 Å². The third-order valence-corrected chi connectivity index (χ3v) is 5.42. The van der Waals surface area contributed by atoms with Crippen molar-refractivity contribution in [2.45, 2.75) is 45.7 Å². The first-order valence-corrected chi connectivity index (χ1v) is 9.60. The fourth-order valence-electron chi connectivity index (χ4n) is 3.01. The molecule has 0 saturated heterocycles. The summed E-state index contributed by atoms with van der Waals surface area (Å²) in [6.45, 7) is 5.97. The van der Waals surface area contributed by atoms with Crippen molar-refractivity contribution >= 4 is 29.1 Å². The van der Waals surface area contributed by atoms with Crippen molar-refractivity contribution in [2.75, 3.05) is 0 Å². The van der Waals surface area contributed by atoms with Gasteiger partial charge >= 0.3 is 0 Å². The van der Waals surface area contributed by atoms with Crippen LogP contribution < -0.4 is 5.32 Å². The van der Waals surface area contributed by atoms with Gasteiger partial charge in [-0.1, -0.05) is 53.5 Å². The molecule has 0 bridgehead atoms. The minimum atomic E-state index is -0.597. The van der Waals surface area contributed by atoms with Crippen molar-refractivity contribution in [3.8, 4) is 0 Å². The Morgan fingerprint density at radius 1 is 1.25 bits per heavy atom. The summed E-state index contributed by atoms with van der Waals surface area (Å²) in [7, 11) is 0. The lowest BCUT2D eigenvalue weighted by atomic mass is 9.84. The minimum Gasteiger partial charge on any atom is -0.341 e. The lowest BCUT2D eigenvalue weighted by Gasteiger charge is -2.33. The van der Waals surface area contributed by atoms with E-state index in [0.29, 0.717) is 34.6 Å². The van der Waals surface area contributed by atoms with Crippen molar-refractivity contribution in [3.05, 3.63) is 57.4 Å². The molecule has 2 heterocycles. The molecule has 0 unspecified atom stereocenters. The number of rotatable bonds is 7. The standard InChI is InChI=1S/C18H20Cl2N6O2/c1-4-18(5-2,12-6-7-13(19)14(20)8-12)22-17(27)15-9-26(25-23-15)10-16-21-11(3)28-24-16/h6-9H,4-5,10H2,1-3H3,(H,22,27). The van der Waals surface area contributed by atoms with Gasteiger partial charge in [0, 0.05) is 6.92 Å². The molecule has 0 aliphatic carbocycles. The normalized spacial score (nSPS) is 11.6. The van der Waals surface area contributed by atoms with E-state index < -0.39 is 5.54 Å². The molecular weight excluding hydrogens is 403 g/mol. The van der Waals surface area contributed by atoms with Crippen LogP contribution in [0.3, 0.4) is 0 Å². The quantitative estimate of drug-likeness (QED) is 0.621. The largest absolute Gasteiger partial charge is 0.341 e. The van der Waals surface area contributed by atoms with Crippen LogP contribution in [0.2, 0.25) is 10.0 Å². The molecule has 2 aromatic heterocycles. The molecule has 0 atom stereocenters. The zero-order chi connectivity index (χ0) is 20.3. The summed E-state index contributed by atoms with van der Waals surface area (Å²) in [5.74, 6) is 0.595. The maximum absolute atomic E-state index is 12.8. The van der Waals surface area contributed by atoms with Crippen molar-refractivity contribution < 1.29 is 9.32 Å². The van der Waals surface area contributed by atoms with E-state index in [1.165, 1.54) is 4.68 Å². The zero-order valence-electron chi connectivity index (χ0n) is 15.7. The first-order chi connectivity index (χ1) is 13.4. The van der Waals surface area contributed by atoms with Gasteiger partial charge in [-0.05, 0) is 30.5 Å². The Morgan fingerprint density at radius 3 is 2.61 bits per heavy atom. The van der Waals surface area contributed by atoms with Crippen LogP contribution in [0.4, 0.5) is 0 Å². The second kappa shape index (κ2) is 8.28. The lowest BCUT2D eigenvalue weighted by Crippen LogP contribution is -2.45. The van der Waals surface area contributed by atoms with E-state index in [2.05, 4.69) is 25.8 Å². The summed E-state index contributed by atoms with van der Waals surface area (Å²) in [4.78, 5) is 16.9. The average molecular weight is 423 g/mol. The monoisotopic (exact) mass is 422 g/mol. The molecule has 0 aliphatic heterocycles. The number of benzene rings is 1. The minimum absolute atomic E-state index is 0.201. The summed E-state index contributed by atoms with van der Waals surface area (Å²) in [5.41, 5.74) is 0.487. The molecule has 0 fully saturated rings. The molecule has 0 radical (unpaired) electrons. The lowest BCUT2D eigenvalue weighted by molar-refractivity contribution is 0.0884. The maximum Gasteiger partial charge on any atom is 0.274 e. The number of aromatic nitrogens is 5. The Morgan fingerprint density at radius 2 is 2.00 bits per heavy atom. The number of aryl methyl sites for hydroxylation is 1. The number of hydrogen-bond donors (Lipinski definition) is 1. The van der Waals surface area contributed by atoms with Gasteiger partial charge in [-0.3, -0.25) is 4.79 Å². The molecule has 8 nitrogen and oxygen atoms in total. The van der Waals surface area contributed by atoms with E-state index in [9.17, 15) is 4.79 Å². The molecule has 28 heavy (non-hydrogen) atoms. The predicted molar refractivity (Wildman–Crippen MR) is 104 cm³/mol. The van der Waals surface area contributed by atoms with E-state index in [0.717, 1.165) is 5.56 Å². The Hall–Kier alpha value is -2.45. The Balaban J connectivity index is 1.80. The first-order valence-electron chi connectivity index (χ1n) is 8.84. The number of amides is 1. The van der Waals surface area contributed by atoms with Crippen LogP contribution in [0.25, 0.3) is 0 Å². The Labute approximate surface area is 172 Å². The molecule has 1 aromatic carbocycles. The summed E-state index contributed by atoms with van der Waals surface area (Å²) in [6, 6.07) is 5.39. The van der Waals surface area contributed by atoms with Crippen molar-refractivity contribution in [1.29, 1.82) is 0 Å². The highest BCUT2D eigenvalue weighted by atomic mass is 35.5. The highest BCUT2D eigenvalue weighted by molar-refractivity contribution is 6.42. The van der Waals surface area contributed by atoms with E-state index in [4.69, 9.17) is 27.7 Å². The predicted octanol–water partition coefficient (Wildman–Crippen LogP) is 3.77. The highest BCUT2D eigenvalue weighted by Crippen LogP contribution is 2.33. The van der Waals surface area contributed by atoms with Crippen LogP contribution in [0, 0.1) is 6.92 Å². The average Bonchev–Trinajstić information content (AvgIpc) is 3.31. The molecule has 3 aromatic rings. The fraction of sp³-hybridized carbons (Fsp3) is 0.389. The smallest absolute Gasteiger partial charge is 0.274 e. The van der Waals surface area contributed by atoms with Crippen molar-refractivity contribution in [2.24, 2.45) is 0 Å². The molecular formula is C18H20Cl2N6O2. The molecule has 0 saturated carbocycles. The SMILES string of the molecule is CCC(CC)(NC(=O)c1cn(Cc2noc(C)n2)nn1)c1ccc(Cl)c(Cl)c1. The van der Waals surface area contributed by atoms with Gasteiger partial charge in [0.05, 0.1) is 21.8 Å². The van der Waals surface area contributed by atoms with E-state index >= 15 is 0 Å². The van der Waals surface area contributed by atoms with Gasteiger partial charge in [0.15, 0.2) is 11.5 Å². The van der Waals surface area contributed by atoms with Gasteiger partial charge in [-0.2, -0.15) is 4.98 Å². The number of nitrogens with one attached hydrogen (secondary N) is 1. The Kier molecular flexibility index (Phi) is 6.00. The van der Waals surface area contributed by atoms with Gasteiger partial charge in [-0.25, -0.2) is 4.68 Å². The van der Waals surface area contributed by atoms with Gasteiger partial charge < -0.3 is 9.84 Å². The third kappa shape index (κ3) is 4.18. The fourth-order valence-corrected chi connectivity index (χ4v) is 3.31. The second-order valence-electron chi connectivity index (χ2n) is 6.40. The zero-order valence-corrected chi connectivity index (χ0v) is 17.3. The number of hydrogen-bond acceptors (Lipinski definition) is 6. The van der Waals surface area contributed by atoms with Gasteiger partial charge in [0.2, 0.25) is 5.89 Å². The Bertz CT molecular complexity index is 980. The van der Waals surface area contributed by atoms with Crippen molar-refractivity contribution in [1.82, 2.24) is 30.5 Å². The van der Waals surface area contributed by atoms with E-state index in [1.54, 1.807) is 25.3 Å². The van der Waals surface area contributed by atoms with Gasteiger partial charge in [0.25, 0.3) is 5.91 Å². The summed E-state index contributed by atoms with van der Waals surface area (Å²) in [5, 5.41) is 15.7. The van der Waals surface area contributed by atoms with Crippen LogP contribution in [0.5, 0.6) is 0 Å². The van der Waals surface area contributed by atoms with Crippen LogP contribution >= 0.6 is 23.2 Å². The third-order valence-electron chi connectivity index (χ3n) is 4.68. The van der Waals surface area contributed by atoms with Gasteiger partial charge in [0.1, 0.15) is 6.54 Å². The molecule has 1 amide bonds. The van der Waals surface area contributed by atoms with Crippen LogP contribution in [-0.2, 0) is 12.1 Å². The number of nitrogens with zero attached hydrogens (tertiary/aromatic N) is 5. The molecule has 0 aliphatic rings. The summed E-state index contributed by atoms with van der Waals surface area (Å²) < 4.78 is 6.41. The highest BCUT2D eigenvalue weighted by Gasteiger charge is 2.32. The number of carbonyl (C=O) groups is 1. The summed E-state index contributed by atoms with van der Waals surface area (Å²) >= 11 is 12.2. The molecule has 3 rings (SSSR count). The summed E-state index contributed by atoms with van der Waals surface area (Å²) in [6.07, 6.45) is 2.89. The first kappa shape index (κ1) is 20.3. The van der Waals surface area contributed by atoms with Gasteiger partial charge in [-0.15, -0.1) is 5.10 Å². The van der Waals surface area contributed by atoms with E-state index in [-0.39, 0.29) is 18.1 Å². The molecule has 10 heteroatoms. The number of carbonyl (C=O) groups excluding carboxylic acids is 1. The number of halogens is 2. The molecule has 148 valence electrons. The van der Waals surface area contributed by atoms with Crippen LogP contribution in [-0.4, -0.2) is 31.0 Å². The topological polar surface area (TPSA) is 98.7 Å². The van der Waals surface area contributed by atoms with E-state index in [1.807, 2.05) is 19.9 Å². The molecule has 1 N–H and O–H groups in total. The van der Waals surface area contributed by atoms with Crippen LogP contribution in [0.1, 0.15) is 54.5 Å². The maximum atomic E-state index is 12.8. The second-order valence-corrected chi connectivity index (χ2v) is 7.22. The molecule has 0 spiro atoms. The van der Waals surface area contributed by atoms with Crippen LogP contribution in [0.15, 0.2) is 28.9 Å².